The normalized spacial score (nSPS) is 10.1. The number of carbonyl (C=O) groups is 1. The minimum absolute atomic E-state index is 0.143. The molecule has 0 unspecified atom stereocenters. The maximum absolute atomic E-state index is 11.4. The Morgan fingerprint density at radius 1 is 1.62 bits per heavy atom. The lowest BCUT2D eigenvalue weighted by Crippen LogP contribution is -2.20. The van der Waals surface area contributed by atoms with E-state index < -0.39 is 0 Å². The van der Waals surface area contributed by atoms with Crippen LogP contribution in [0.1, 0.15) is 9.67 Å². The Balaban J connectivity index is 3.16. The number of carbonyl (C=O) groups excluding carboxylic acids is 1. The molecule has 0 atom stereocenters. The first-order valence-electron chi connectivity index (χ1n) is 3.43. The van der Waals surface area contributed by atoms with Gasteiger partial charge in [-0.25, -0.2) is 0 Å². The van der Waals surface area contributed by atoms with Crippen LogP contribution >= 0.6 is 27.3 Å². The Morgan fingerprint density at radius 3 is 2.46 bits per heavy atom. The second-order valence-corrected chi connectivity index (χ2v) is 5.01. The molecule has 1 aromatic heterocycles. The predicted molar refractivity (Wildman–Crippen MR) is 56.1 cm³/mol. The van der Waals surface area contributed by atoms with E-state index in [9.17, 15) is 9.90 Å². The number of thiophene rings is 1. The fourth-order valence-electron chi connectivity index (χ4n) is 0.756. The van der Waals surface area contributed by atoms with E-state index in [-0.39, 0.29) is 22.2 Å². The molecule has 1 amide bonds. The summed E-state index contributed by atoms with van der Waals surface area (Å²) in [6.45, 7) is 0. The van der Waals surface area contributed by atoms with Gasteiger partial charge in [0, 0.05) is 14.1 Å². The number of anilines is 1. The number of hydrogen-bond acceptors (Lipinski definition) is 4. The van der Waals surface area contributed by atoms with Crippen LogP contribution in [-0.2, 0) is 0 Å². The van der Waals surface area contributed by atoms with Crippen molar-refractivity contribution in [2.45, 2.75) is 0 Å². The van der Waals surface area contributed by atoms with E-state index in [0.29, 0.717) is 3.79 Å². The van der Waals surface area contributed by atoms with Crippen molar-refractivity contribution in [1.29, 1.82) is 0 Å². The summed E-state index contributed by atoms with van der Waals surface area (Å²) >= 11 is 4.27. The molecule has 0 aromatic carbocycles. The smallest absolute Gasteiger partial charge is 0.267 e. The Hall–Kier alpha value is -0.750. The Labute approximate surface area is 88.1 Å². The van der Waals surface area contributed by atoms with Gasteiger partial charge in [0.1, 0.15) is 10.6 Å². The molecule has 72 valence electrons. The van der Waals surface area contributed by atoms with E-state index in [4.69, 9.17) is 5.73 Å². The number of amides is 1. The molecule has 0 spiro atoms. The largest absolute Gasteiger partial charge is 0.504 e. The zero-order valence-electron chi connectivity index (χ0n) is 7.17. The number of nitrogen functional groups attached to an aromatic ring is 1. The molecule has 0 aliphatic carbocycles. The molecule has 1 heterocycles. The summed E-state index contributed by atoms with van der Waals surface area (Å²) < 4.78 is 0.579. The van der Waals surface area contributed by atoms with Crippen molar-refractivity contribution >= 4 is 38.9 Å². The lowest BCUT2D eigenvalue weighted by Gasteiger charge is -2.07. The fourth-order valence-corrected chi connectivity index (χ4v) is 2.29. The van der Waals surface area contributed by atoms with Gasteiger partial charge in [0.2, 0.25) is 0 Å². The summed E-state index contributed by atoms with van der Waals surface area (Å²) in [6.07, 6.45) is 0. The third-order valence-electron chi connectivity index (χ3n) is 1.47. The van der Waals surface area contributed by atoms with E-state index in [1.165, 1.54) is 4.90 Å². The van der Waals surface area contributed by atoms with Crippen LogP contribution in [0.3, 0.4) is 0 Å². The lowest BCUT2D eigenvalue weighted by atomic mass is 10.3. The van der Waals surface area contributed by atoms with Gasteiger partial charge in [-0.2, -0.15) is 0 Å². The quantitative estimate of drug-likeness (QED) is 0.808. The third-order valence-corrected chi connectivity index (χ3v) is 3.36. The first kappa shape index (κ1) is 10.3. The lowest BCUT2D eigenvalue weighted by molar-refractivity contribution is 0.0829. The Morgan fingerprint density at radius 2 is 2.15 bits per heavy atom. The van der Waals surface area contributed by atoms with Crippen molar-refractivity contribution in [1.82, 2.24) is 4.90 Å². The minimum atomic E-state index is -0.250. The van der Waals surface area contributed by atoms with Crippen molar-refractivity contribution in [2.24, 2.45) is 0 Å². The van der Waals surface area contributed by atoms with E-state index in [0.717, 1.165) is 11.3 Å². The van der Waals surface area contributed by atoms with Gasteiger partial charge in [-0.15, -0.1) is 11.3 Å². The first-order chi connectivity index (χ1) is 5.95. The molecule has 0 aliphatic rings. The van der Waals surface area contributed by atoms with Crippen molar-refractivity contribution in [3.05, 3.63) is 8.66 Å². The number of hydrogen-bond donors (Lipinski definition) is 2. The maximum atomic E-state index is 11.4. The number of nitrogens with zero attached hydrogens (tertiary/aromatic N) is 1. The molecular weight excluding hydrogens is 256 g/mol. The molecule has 6 heteroatoms. The monoisotopic (exact) mass is 264 g/mol. The third kappa shape index (κ3) is 1.78. The van der Waals surface area contributed by atoms with Crippen molar-refractivity contribution in [3.63, 3.8) is 0 Å². The Bertz CT molecular complexity index is 349. The highest BCUT2D eigenvalue weighted by molar-refractivity contribution is 9.11. The highest BCUT2D eigenvalue weighted by atomic mass is 79.9. The zero-order chi connectivity index (χ0) is 10.2. The van der Waals surface area contributed by atoms with Gasteiger partial charge >= 0.3 is 0 Å². The van der Waals surface area contributed by atoms with Crippen LogP contribution in [-0.4, -0.2) is 30.0 Å². The summed E-state index contributed by atoms with van der Waals surface area (Å²) in [6, 6.07) is 0. The second-order valence-electron chi connectivity index (χ2n) is 2.67. The van der Waals surface area contributed by atoms with Gasteiger partial charge in [0.05, 0.1) is 3.79 Å². The summed E-state index contributed by atoms with van der Waals surface area (Å²) in [5.74, 6) is -0.393. The molecule has 0 radical (unpaired) electrons. The maximum Gasteiger partial charge on any atom is 0.267 e. The SMILES string of the molecule is CN(C)C(=O)c1sc(Br)c(N)c1O. The zero-order valence-corrected chi connectivity index (χ0v) is 9.57. The molecule has 0 aliphatic heterocycles. The molecule has 0 saturated heterocycles. The average molecular weight is 265 g/mol. The molecule has 0 saturated carbocycles. The van der Waals surface area contributed by atoms with Gasteiger partial charge in [0.15, 0.2) is 5.75 Å². The summed E-state index contributed by atoms with van der Waals surface area (Å²) in [4.78, 5) is 13.1. The van der Waals surface area contributed by atoms with Crippen LogP contribution in [0.5, 0.6) is 5.75 Å². The van der Waals surface area contributed by atoms with Crippen LogP contribution in [0, 0.1) is 0 Å². The van der Waals surface area contributed by atoms with Crippen molar-refractivity contribution < 1.29 is 9.90 Å². The highest BCUT2D eigenvalue weighted by Gasteiger charge is 2.20. The first-order valence-corrected chi connectivity index (χ1v) is 5.04. The number of rotatable bonds is 1. The average Bonchev–Trinajstić information content (AvgIpc) is 2.31. The van der Waals surface area contributed by atoms with Crippen molar-refractivity contribution in [3.8, 4) is 5.75 Å². The van der Waals surface area contributed by atoms with Crippen LogP contribution in [0.4, 0.5) is 5.69 Å². The minimum Gasteiger partial charge on any atom is -0.504 e. The number of halogens is 1. The Kier molecular flexibility index (Phi) is 2.82. The van der Waals surface area contributed by atoms with Crippen LogP contribution in [0.15, 0.2) is 3.79 Å². The van der Waals surface area contributed by atoms with E-state index in [1.54, 1.807) is 14.1 Å². The standard InChI is InChI=1S/C7H9BrN2O2S/c1-10(2)7(12)5-4(11)3(9)6(8)13-5/h11H,9H2,1-2H3. The number of nitrogens with two attached hydrogens (primary N) is 1. The van der Waals surface area contributed by atoms with Crippen LogP contribution < -0.4 is 5.73 Å². The summed E-state index contributed by atoms with van der Waals surface area (Å²) in [5, 5.41) is 9.45. The summed E-state index contributed by atoms with van der Waals surface area (Å²) in [7, 11) is 3.23. The van der Waals surface area contributed by atoms with Crippen LogP contribution in [0.25, 0.3) is 0 Å². The summed E-state index contributed by atoms with van der Waals surface area (Å²) in [5.41, 5.74) is 5.70. The van der Waals surface area contributed by atoms with Crippen LogP contribution in [0.2, 0.25) is 0 Å². The van der Waals surface area contributed by atoms with Gasteiger partial charge < -0.3 is 15.7 Å². The molecule has 4 nitrogen and oxygen atoms in total. The molecule has 0 fully saturated rings. The molecule has 1 aromatic rings. The van der Waals surface area contributed by atoms with E-state index in [2.05, 4.69) is 15.9 Å². The molecule has 13 heavy (non-hydrogen) atoms. The molecule has 1 rings (SSSR count). The second kappa shape index (κ2) is 3.55. The molecule has 3 N–H and O–H groups in total. The van der Waals surface area contributed by atoms with Gasteiger partial charge in [-0.1, -0.05) is 0 Å². The van der Waals surface area contributed by atoms with E-state index >= 15 is 0 Å². The topological polar surface area (TPSA) is 66.6 Å². The van der Waals surface area contributed by atoms with Gasteiger partial charge in [-0.05, 0) is 15.9 Å². The molecule has 0 bridgehead atoms. The molecular formula is C7H9BrN2O2S. The highest BCUT2D eigenvalue weighted by Crippen LogP contribution is 2.40. The van der Waals surface area contributed by atoms with Gasteiger partial charge in [-0.3, -0.25) is 4.79 Å². The predicted octanol–water partition coefficient (Wildman–Crippen LogP) is 1.50. The fraction of sp³-hybridized carbons (Fsp3) is 0.286. The van der Waals surface area contributed by atoms with Crippen molar-refractivity contribution in [2.75, 3.05) is 19.8 Å². The van der Waals surface area contributed by atoms with E-state index in [1.807, 2.05) is 0 Å². The van der Waals surface area contributed by atoms with Gasteiger partial charge in [0.25, 0.3) is 5.91 Å². The number of aromatic hydroxyl groups is 1.